The van der Waals surface area contributed by atoms with Gasteiger partial charge in [-0.1, -0.05) is 11.3 Å². The van der Waals surface area contributed by atoms with Crippen LogP contribution in [-0.4, -0.2) is 29.6 Å². The van der Waals surface area contributed by atoms with Crippen LogP contribution in [0.3, 0.4) is 0 Å². The van der Waals surface area contributed by atoms with Gasteiger partial charge < -0.3 is 5.32 Å². The molecule has 0 bridgehead atoms. The molecule has 11 heavy (non-hydrogen) atoms. The van der Waals surface area contributed by atoms with Gasteiger partial charge in [0, 0.05) is 19.0 Å². The third kappa shape index (κ3) is 1.17. The summed E-state index contributed by atoms with van der Waals surface area (Å²) in [5, 5.41) is 12.2. The molecule has 0 unspecified atom stereocenters. The summed E-state index contributed by atoms with van der Waals surface area (Å²) in [6, 6.07) is 0. The molecule has 5 heteroatoms. The Morgan fingerprint density at radius 1 is 1.55 bits per heavy atom. The van der Waals surface area contributed by atoms with Crippen LogP contribution < -0.4 is 5.32 Å². The van der Waals surface area contributed by atoms with Crippen LogP contribution in [0, 0.1) is 0 Å². The molecule has 1 N–H and O–H groups in total. The number of aromatic nitrogens is 2. The fourth-order valence-electron chi connectivity index (χ4n) is 0.922. The SMILES string of the molecule is O=Cc1nnc(C2CNC2)s1. The normalized spacial score (nSPS) is 17.8. The van der Waals surface area contributed by atoms with Crippen LogP contribution in [0.4, 0.5) is 0 Å². The predicted octanol–water partition coefficient (Wildman–Crippen LogP) is 0.0374. The van der Waals surface area contributed by atoms with E-state index < -0.39 is 0 Å². The highest BCUT2D eigenvalue weighted by atomic mass is 32.1. The van der Waals surface area contributed by atoms with Crippen molar-refractivity contribution in [3.63, 3.8) is 0 Å². The zero-order valence-corrected chi connectivity index (χ0v) is 6.60. The van der Waals surface area contributed by atoms with E-state index in [0.717, 1.165) is 24.4 Å². The Labute approximate surface area is 67.6 Å². The first-order chi connectivity index (χ1) is 5.40. The minimum Gasteiger partial charge on any atom is -0.315 e. The highest BCUT2D eigenvalue weighted by molar-refractivity contribution is 7.12. The molecule has 0 atom stereocenters. The second-order valence-corrected chi connectivity index (χ2v) is 3.49. The van der Waals surface area contributed by atoms with Crippen molar-refractivity contribution in [1.29, 1.82) is 0 Å². The summed E-state index contributed by atoms with van der Waals surface area (Å²) in [7, 11) is 0. The summed E-state index contributed by atoms with van der Waals surface area (Å²) in [6.45, 7) is 1.93. The first kappa shape index (κ1) is 6.87. The van der Waals surface area contributed by atoms with Gasteiger partial charge in [-0.05, 0) is 0 Å². The summed E-state index contributed by atoms with van der Waals surface area (Å²) in [5.74, 6) is 0.487. The molecule has 0 amide bonds. The highest BCUT2D eigenvalue weighted by Gasteiger charge is 2.22. The van der Waals surface area contributed by atoms with Crippen molar-refractivity contribution in [2.45, 2.75) is 5.92 Å². The molecule has 0 spiro atoms. The Morgan fingerprint density at radius 3 is 2.82 bits per heavy atom. The minimum absolute atomic E-state index is 0.479. The van der Waals surface area contributed by atoms with Gasteiger partial charge >= 0.3 is 0 Å². The molecule has 1 saturated heterocycles. The zero-order chi connectivity index (χ0) is 7.68. The van der Waals surface area contributed by atoms with E-state index in [1.54, 1.807) is 0 Å². The van der Waals surface area contributed by atoms with Crippen molar-refractivity contribution in [3.05, 3.63) is 10.0 Å². The first-order valence-corrected chi connectivity index (χ1v) is 4.21. The number of hydrogen-bond acceptors (Lipinski definition) is 5. The van der Waals surface area contributed by atoms with Gasteiger partial charge in [-0.3, -0.25) is 4.79 Å². The van der Waals surface area contributed by atoms with E-state index in [2.05, 4.69) is 15.5 Å². The molecular formula is C6H7N3OS. The summed E-state index contributed by atoms with van der Waals surface area (Å²) in [4.78, 5) is 10.2. The van der Waals surface area contributed by atoms with Crippen LogP contribution in [0.25, 0.3) is 0 Å². The van der Waals surface area contributed by atoms with Crippen LogP contribution in [0.1, 0.15) is 20.7 Å². The van der Waals surface area contributed by atoms with Gasteiger partial charge in [-0.2, -0.15) is 0 Å². The molecule has 58 valence electrons. The Kier molecular flexibility index (Phi) is 1.67. The Hall–Kier alpha value is -0.810. The molecule has 1 aromatic heterocycles. The summed E-state index contributed by atoms with van der Waals surface area (Å²) in [6.07, 6.45) is 0.743. The molecule has 1 fully saturated rings. The van der Waals surface area contributed by atoms with Crippen molar-refractivity contribution in [3.8, 4) is 0 Å². The summed E-state index contributed by atoms with van der Waals surface area (Å²) >= 11 is 1.39. The van der Waals surface area contributed by atoms with Crippen molar-refractivity contribution >= 4 is 17.6 Å². The number of carbonyl (C=O) groups is 1. The lowest BCUT2D eigenvalue weighted by molar-refractivity contribution is 0.112. The number of rotatable bonds is 2. The van der Waals surface area contributed by atoms with Crippen LogP contribution >= 0.6 is 11.3 Å². The van der Waals surface area contributed by atoms with E-state index >= 15 is 0 Å². The molecule has 1 aliphatic rings. The topological polar surface area (TPSA) is 54.9 Å². The van der Waals surface area contributed by atoms with Crippen LogP contribution in [0.5, 0.6) is 0 Å². The molecule has 0 saturated carbocycles. The third-order valence-corrected chi connectivity index (χ3v) is 2.70. The molecule has 2 rings (SSSR count). The van der Waals surface area contributed by atoms with Crippen molar-refractivity contribution in [1.82, 2.24) is 15.5 Å². The zero-order valence-electron chi connectivity index (χ0n) is 5.78. The quantitative estimate of drug-likeness (QED) is 0.635. The van der Waals surface area contributed by atoms with Crippen LogP contribution in [-0.2, 0) is 0 Å². The number of hydrogen-bond donors (Lipinski definition) is 1. The highest BCUT2D eigenvalue weighted by Crippen LogP contribution is 2.22. The van der Waals surface area contributed by atoms with Gasteiger partial charge in [-0.25, -0.2) is 0 Å². The number of nitrogens with zero attached hydrogens (tertiary/aromatic N) is 2. The fourth-order valence-corrected chi connectivity index (χ4v) is 1.68. The van der Waals surface area contributed by atoms with Gasteiger partial charge in [0.25, 0.3) is 0 Å². The van der Waals surface area contributed by atoms with E-state index in [1.165, 1.54) is 11.3 Å². The summed E-state index contributed by atoms with van der Waals surface area (Å²) < 4.78 is 0. The Balaban J connectivity index is 2.17. The van der Waals surface area contributed by atoms with Crippen molar-refractivity contribution in [2.75, 3.05) is 13.1 Å². The lowest BCUT2D eigenvalue weighted by Crippen LogP contribution is -2.39. The smallest absolute Gasteiger partial charge is 0.180 e. The number of carbonyl (C=O) groups excluding carboxylic acids is 1. The molecule has 0 radical (unpaired) electrons. The van der Waals surface area contributed by atoms with Crippen molar-refractivity contribution in [2.24, 2.45) is 0 Å². The Morgan fingerprint density at radius 2 is 2.36 bits per heavy atom. The maximum absolute atomic E-state index is 10.2. The average Bonchev–Trinajstić information content (AvgIpc) is 2.32. The minimum atomic E-state index is 0.479. The third-order valence-electron chi connectivity index (χ3n) is 1.69. The largest absolute Gasteiger partial charge is 0.315 e. The van der Waals surface area contributed by atoms with E-state index in [4.69, 9.17) is 0 Å². The molecule has 1 aliphatic heterocycles. The lowest BCUT2D eigenvalue weighted by Gasteiger charge is -2.23. The van der Waals surface area contributed by atoms with E-state index in [-0.39, 0.29) is 0 Å². The second kappa shape index (κ2) is 2.67. The number of aldehydes is 1. The van der Waals surface area contributed by atoms with Gasteiger partial charge in [0.05, 0.1) is 0 Å². The van der Waals surface area contributed by atoms with Gasteiger partial charge in [0.2, 0.25) is 0 Å². The molecule has 0 aromatic carbocycles. The fraction of sp³-hybridized carbons (Fsp3) is 0.500. The Bertz CT molecular complexity index is 269. The van der Waals surface area contributed by atoms with Crippen LogP contribution in [0.15, 0.2) is 0 Å². The monoisotopic (exact) mass is 169 g/mol. The van der Waals surface area contributed by atoms with Gasteiger partial charge in [0.15, 0.2) is 11.3 Å². The molecular weight excluding hydrogens is 162 g/mol. The lowest BCUT2D eigenvalue weighted by atomic mass is 10.1. The predicted molar refractivity (Wildman–Crippen MR) is 40.9 cm³/mol. The molecule has 2 heterocycles. The second-order valence-electron chi connectivity index (χ2n) is 2.45. The van der Waals surface area contributed by atoms with Gasteiger partial charge in [-0.15, -0.1) is 10.2 Å². The molecule has 0 aliphatic carbocycles. The summed E-state index contributed by atoms with van der Waals surface area (Å²) in [5.41, 5.74) is 0. The molecule has 1 aromatic rings. The average molecular weight is 169 g/mol. The number of nitrogens with one attached hydrogen (secondary N) is 1. The molecule has 4 nitrogen and oxygen atoms in total. The standard InChI is InChI=1S/C6H7N3OS/c10-3-5-8-9-6(11-5)4-1-7-2-4/h3-4,7H,1-2H2. The van der Waals surface area contributed by atoms with E-state index in [9.17, 15) is 4.79 Å². The van der Waals surface area contributed by atoms with E-state index in [0.29, 0.717) is 10.9 Å². The maximum Gasteiger partial charge on any atom is 0.180 e. The first-order valence-electron chi connectivity index (χ1n) is 3.39. The van der Waals surface area contributed by atoms with Crippen LogP contribution in [0.2, 0.25) is 0 Å². The van der Waals surface area contributed by atoms with E-state index in [1.807, 2.05) is 0 Å². The van der Waals surface area contributed by atoms with Crippen molar-refractivity contribution < 1.29 is 4.79 Å². The maximum atomic E-state index is 10.2. The van der Waals surface area contributed by atoms with Gasteiger partial charge in [0.1, 0.15) is 5.01 Å².